The largest absolute Gasteiger partial charge is 0.463 e. The van der Waals surface area contributed by atoms with E-state index < -0.39 is 0 Å². The van der Waals surface area contributed by atoms with Gasteiger partial charge in [-0.3, -0.25) is 4.79 Å². The molecule has 0 radical (unpaired) electrons. The first-order valence-corrected chi connectivity index (χ1v) is 6.06. The van der Waals surface area contributed by atoms with E-state index in [1.54, 1.807) is 13.0 Å². The molecule has 1 rings (SSSR count). The molecule has 1 fully saturated rings. The minimum Gasteiger partial charge on any atom is -0.463 e. The fourth-order valence-electron chi connectivity index (χ4n) is 1.69. The highest BCUT2D eigenvalue weighted by molar-refractivity contribution is 5.82. The van der Waals surface area contributed by atoms with Gasteiger partial charge >= 0.3 is 5.97 Å². The molecule has 0 aliphatic carbocycles. The van der Waals surface area contributed by atoms with E-state index >= 15 is 0 Å². The predicted molar refractivity (Wildman–Crippen MR) is 64.5 cm³/mol. The Morgan fingerprint density at radius 2 is 2.06 bits per heavy atom. The topological polar surface area (TPSA) is 58.6 Å². The molecule has 0 atom stereocenters. The lowest BCUT2D eigenvalue weighted by Gasteiger charge is -2.14. The Kier molecular flexibility index (Phi) is 6.32. The average molecular weight is 240 g/mol. The van der Waals surface area contributed by atoms with Crippen molar-refractivity contribution >= 4 is 11.9 Å². The van der Waals surface area contributed by atoms with Crippen LogP contribution in [0.15, 0.2) is 12.2 Å². The van der Waals surface area contributed by atoms with Crippen molar-refractivity contribution in [1.82, 2.24) is 10.2 Å². The molecule has 1 amide bonds. The maximum atomic E-state index is 11.6. The molecular weight excluding hydrogens is 220 g/mol. The summed E-state index contributed by atoms with van der Waals surface area (Å²) in [4.78, 5) is 24.4. The summed E-state index contributed by atoms with van der Waals surface area (Å²) in [6, 6.07) is 0. The van der Waals surface area contributed by atoms with Crippen LogP contribution in [0.5, 0.6) is 0 Å². The molecule has 5 heteroatoms. The van der Waals surface area contributed by atoms with E-state index in [9.17, 15) is 9.59 Å². The summed E-state index contributed by atoms with van der Waals surface area (Å²) in [5.41, 5.74) is 0. The first kappa shape index (κ1) is 13.7. The van der Waals surface area contributed by atoms with Crippen molar-refractivity contribution in [3.8, 4) is 0 Å². The van der Waals surface area contributed by atoms with Crippen LogP contribution in [-0.2, 0) is 14.3 Å². The Morgan fingerprint density at radius 1 is 1.35 bits per heavy atom. The minimum atomic E-state index is -0.347. The zero-order valence-electron chi connectivity index (χ0n) is 10.3. The van der Waals surface area contributed by atoms with E-state index in [-0.39, 0.29) is 11.9 Å². The summed E-state index contributed by atoms with van der Waals surface area (Å²) in [5, 5.41) is 2.97. The van der Waals surface area contributed by atoms with Gasteiger partial charge in [0.25, 0.3) is 0 Å². The van der Waals surface area contributed by atoms with E-state index in [1.165, 1.54) is 6.08 Å². The highest BCUT2D eigenvalue weighted by atomic mass is 16.5. The number of rotatable bonds is 6. The third-order valence-corrected chi connectivity index (χ3v) is 2.54. The average Bonchev–Trinajstić information content (AvgIpc) is 2.82. The van der Waals surface area contributed by atoms with E-state index in [4.69, 9.17) is 4.74 Å². The Labute approximate surface area is 102 Å². The van der Waals surface area contributed by atoms with Crippen molar-refractivity contribution in [2.24, 2.45) is 0 Å². The highest BCUT2D eigenvalue weighted by Crippen LogP contribution is 2.06. The zero-order valence-corrected chi connectivity index (χ0v) is 10.3. The molecule has 1 aliphatic heterocycles. The van der Waals surface area contributed by atoms with Gasteiger partial charge in [-0.2, -0.15) is 0 Å². The summed E-state index contributed by atoms with van der Waals surface area (Å²) in [6.07, 6.45) is 5.25. The van der Waals surface area contributed by atoms with Gasteiger partial charge in [-0.15, -0.1) is 0 Å². The van der Waals surface area contributed by atoms with Crippen LogP contribution in [0.25, 0.3) is 0 Å². The van der Waals surface area contributed by atoms with Gasteiger partial charge in [-0.05, 0) is 19.8 Å². The van der Waals surface area contributed by atoms with Crippen LogP contribution >= 0.6 is 0 Å². The Hall–Kier alpha value is -1.36. The zero-order chi connectivity index (χ0) is 12.5. The molecule has 0 aromatic heterocycles. The molecule has 1 saturated heterocycles. The third kappa shape index (κ3) is 5.49. The van der Waals surface area contributed by atoms with Gasteiger partial charge in [-0.25, -0.2) is 4.79 Å². The Bertz CT molecular complexity index is 283. The van der Waals surface area contributed by atoms with Gasteiger partial charge in [0, 0.05) is 25.7 Å². The maximum Gasteiger partial charge on any atom is 0.330 e. The van der Waals surface area contributed by atoms with Crippen LogP contribution in [-0.4, -0.2) is 49.6 Å². The van der Waals surface area contributed by atoms with Crippen molar-refractivity contribution in [1.29, 1.82) is 0 Å². The molecule has 1 aliphatic rings. The van der Waals surface area contributed by atoms with Crippen molar-refractivity contribution in [3.05, 3.63) is 12.2 Å². The molecule has 17 heavy (non-hydrogen) atoms. The van der Waals surface area contributed by atoms with Crippen LogP contribution in [0.2, 0.25) is 0 Å². The lowest BCUT2D eigenvalue weighted by atomic mass is 10.4. The summed E-state index contributed by atoms with van der Waals surface area (Å²) >= 11 is 0. The second-order valence-electron chi connectivity index (χ2n) is 3.87. The molecule has 0 spiro atoms. The third-order valence-electron chi connectivity index (χ3n) is 2.54. The molecule has 0 unspecified atom stereocenters. The van der Waals surface area contributed by atoms with E-state index in [1.807, 2.05) is 4.90 Å². The first-order chi connectivity index (χ1) is 8.24. The van der Waals surface area contributed by atoms with Crippen LogP contribution in [0.3, 0.4) is 0 Å². The Balaban J connectivity index is 2.07. The fraction of sp³-hybridized carbons (Fsp3) is 0.667. The van der Waals surface area contributed by atoms with Gasteiger partial charge in [0.15, 0.2) is 0 Å². The highest BCUT2D eigenvalue weighted by Gasteiger charge is 2.16. The lowest BCUT2D eigenvalue weighted by molar-refractivity contribution is -0.137. The SMILES string of the molecule is CCOC(=O)/C=C/CNCC(=O)N1CCCC1. The standard InChI is InChI=1S/C12H20N2O3/c1-2-17-12(16)6-5-7-13-10-11(15)14-8-3-4-9-14/h5-6,13H,2-4,7-10H2,1H3/b6-5+. The first-order valence-electron chi connectivity index (χ1n) is 6.06. The molecule has 0 bridgehead atoms. The number of carbonyl (C=O) groups is 2. The quantitative estimate of drug-likeness (QED) is 0.412. The number of carbonyl (C=O) groups excluding carboxylic acids is 2. The molecule has 0 saturated carbocycles. The second kappa shape index (κ2) is 7.84. The number of nitrogens with zero attached hydrogens (tertiary/aromatic N) is 1. The maximum absolute atomic E-state index is 11.6. The second-order valence-corrected chi connectivity index (χ2v) is 3.87. The molecule has 0 aromatic rings. The van der Waals surface area contributed by atoms with Crippen molar-refractivity contribution in [2.75, 3.05) is 32.8 Å². The summed E-state index contributed by atoms with van der Waals surface area (Å²) in [5.74, 6) is -0.216. The van der Waals surface area contributed by atoms with E-state index in [0.29, 0.717) is 19.7 Å². The predicted octanol–water partition coefficient (Wildman–Crippen LogP) is 0.318. The summed E-state index contributed by atoms with van der Waals surface area (Å²) < 4.78 is 4.72. The molecular formula is C12H20N2O3. The van der Waals surface area contributed by atoms with Gasteiger partial charge in [0.1, 0.15) is 0 Å². The summed E-state index contributed by atoms with van der Waals surface area (Å²) in [7, 11) is 0. The van der Waals surface area contributed by atoms with Crippen molar-refractivity contribution in [3.63, 3.8) is 0 Å². The van der Waals surface area contributed by atoms with Crippen LogP contribution in [0.4, 0.5) is 0 Å². The number of ether oxygens (including phenoxy) is 1. The number of amides is 1. The van der Waals surface area contributed by atoms with Crippen molar-refractivity contribution < 1.29 is 14.3 Å². The monoisotopic (exact) mass is 240 g/mol. The molecule has 1 N–H and O–H groups in total. The molecule has 0 aromatic carbocycles. The number of esters is 1. The van der Waals surface area contributed by atoms with E-state index in [0.717, 1.165) is 25.9 Å². The smallest absolute Gasteiger partial charge is 0.330 e. The number of likely N-dealkylation sites (tertiary alicyclic amines) is 1. The van der Waals surface area contributed by atoms with Crippen LogP contribution in [0.1, 0.15) is 19.8 Å². The van der Waals surface area contributed by atoms with Gasteiger partial charge in [-0.1, -0.05) is 6.08 Å². The summed E-state index contributed by atoms with van der Waals surface area (Å²) in [6.45, 7) is 4.71. The number of hydrogen-bond donors (Lipinski definition) is 1. The minimum absolute atomic E-state index is 0.132. The molecule has 96 valence electrons. The van der Waals surface area contributed by atoms with Gasteiger partial charge in [0.2, 0.25) is 5.91 Å². The number of hydrogen-bond acceptors (Lipinski definition) is 4. The normalized spacial score (nSPS) is 15.5. The fourth-order valence-corrected chi connectivity index (χ4v) is 1.69. The lowest BCUT2D eigenvalue weighted by Crippen LogP contribution is -2.36. The number of nitrogens with one attached hydrogen (secondary N) is 1. The van der Waals surface area contributed by atoms with Crippen LogP contribution in [0, 0.1) is 0 Å². The Morgan fingerprint density at radius 3 is 2.71 bits per heavy atom. The van der Waals surface area contributed by atoms with Gasteiger partial charge < -0.3 is 15.0 Å². The molecule has 1 heterocycles. The van der Waals surface area contributed by atoms with E-state index in [2.05, 4.69) is 5.32 Å². The van der Waals surface area contributed by atoms with Crippen LogP contribution < -0.4 is 5.32 Å². The molecule has 5 nitrogen and oxygen atoms in total. The van der Waals surface area contributed by atoms with Crippen molar-refractivity contribution in [2.45, 2.75) is 19.8 Å². The van der Waals surface area contributed by atoms with Gasteiger partial charge in [0.05, 0.1) is 13.2 Å².